The van der Waals surface area contributed by atoms with Gasteiger partial charge in [0.15, 0.2) is 0 Å². The van der Waals surface area contributed by atoms with Crippen molar-refractivity contribution in [1.29, 1.82) is 0 Å². The quantitative estimate of drug-likeness (QED) is 0.0997. The molecule has 1 unspecified atom stereocenters. The second kappa shape index (κ2) is 18.9. The number of unbranched alkanes of at least 4 members (excludes halogenated alkanes) is 14. The van der Waals surface area contributed by atoms with Gasteiger partial charge in [-0.25, -0.2) is 4.79 Å². The SMILES string of the molecule is C=C(C)C(=O)OCC(O)C[N+](C)(C)CCCCCCCCCCCCCCCCC. The minimum atomic E-state index is -0.625. The maximum Gasteiger partial charge on any atom is 0.333 e. The van der Waals surface area contributed by atoms with Crippen molar-refractivity contribution < 1.29 is 19.1 Å². The summed E-state index contributed by atoms with van der Waals surface area (Å²) in [5.41, 5.74) is 0.369. The van der Waals surface area contributed by atoms with Crippen LogP contribution in [0.3, 0.4) is 0 Å². The molecular formula is C26H52NO3+. The molecule has 0 aliphatic carbocycles. The molecule has 0 saturated heterocycles. The molecule has 1 atom stereocenters. The van der Waals surface area contributed by atoms with Crippen LogP contribution in [-0.4, -0.2) is 55.5 Å². The molecule has 4 heteroatoms. The van der Waals surface area contributed by atoms with E-state index < -0.39 is 12.1 Å². The van der Waals surface area contributed by atoms with Gasteiger partial charge in [-0.1, -0.05) is 97.0 Å². The number of nitrogens with zero attached hydrogens (tertiary/aromatic N) is 1. The van der Waals surface area contributed by atoms with Gasteiger partial charge in [0.25, 0.3) is 0 Å². The van der Waals surface area contributed by atoms with Crippen molar-refractivity contribution in [3.05, 3.63) is 12.2 Å². The molecule has 0 aromatic heterocycles. The maximum atomic E-state index is 11.4. The Kier molecular flexibility index (Phi) is 18.3. The van der Waals surface area contributed by atoms with E-state index in [2.05, 4.69) is 27.6 Å². The summed E-state index contributed by atoms with van der Waals surface area (Å²) < 4.78 is 5.80. The molecule has 0 saturated carbocycles. The van der Waals surface area contributed by atoms with Crippen LogP contribution in [0.1, 0.15) is 110 Å². The van der Waals surface area contributed by atoms with E-state index in [0.29, 0.717) is 12.1 Å². The topological polar surface area (TPSA) is 46.5 Å². The van der Waals surface area contributed by atoms with Crippen LogP contribution in [0.25, 0.3) is 0 Å². The molecule has 0 bridgehead atoms. The maximum absolute atomic E-state index is 11.4. The van der Waals surface area contributed by atoms with Gasteiger partial charge in [0.1, 0.15) is 19.3 Å². The predicted octanol–water partition coefficient (Wildman–Crippen LogP) is 6.41. The van der Waals surface area contributed by atoms with E-state index in [9.17, 15) is 9.90 Å². The molecule has 0 heterocycles. The van der Waals surface area contributed by atoms with E-state index in [1.54, 1.807) is 6.92 Å². The Morgan fingerprint density at radius 2 is 1.23 bits per heavy atom. The average Bonchev–Trinajstić information content (AvgIpc) is 2.68. The Morgan fingerprint density at radius 3 is 1.63 bits per heavy atom. The Bertz CT molecular complexity index is 434. The first-order chi connectivity index (χ1) is 14.3. The summed E-state index contributed by atoms with van der Waals surface area (Å²) in [4.78, 5) is 11.4. The number of hydrogen-bond acceptors (Lipinski definition) is 3. The third-order valence-corrected chi connectivity index (χ3v) is 5.83. The Labute approximate surface area is 187 Å². The highest BCUT2D eigenvalue weighted by Gasteiger charge is 2.21. The molecule has 0 aromatic carbocycles. The van der Waals surface area contributed by atoms with Crippen molar-refractivity contribution in [1.82, 2.24) is 0 Å². The molecule has 0 spiro atoms. The van der Waals surface area contributed by atoms with Gasteiger partial charge in [-0.2, -0.15) is 0 Å². The van der Waals surface area contributed by atoms with Gasteiger partial charge < -0.3 is 14.3 Å². The zero-order valence-electron chi connectivity index (χ0n) is 20.7. The number of aliphatic hydroxyl groups excluding tert-OH is 1. The summed E-state index contributed by atoms with van der Waals surface area (Å²) in [7, 11) is 4.27. The van der Waals surface area contributed by atoms with Crippen LogP contribution in [0, 0.1) is 0 Å². The fourth-order valence-electron chi connectivity index (χ4n) is 3.92. The van der Waals surface area contributed by atoms with E-state index in [-0.39, 0.29) is 6.61 Å². The number of esters is 1. The van der Waals surface area contributed by atoms with Crippen molar-refractivity contribution >= 4 is 5.97 Å². The number of carbonyl (C=O) groups is 1. The Balaban J connectivity index is 3.49. The standard InChI is InChI=1S/C26H52NO3/c1-6-7-8-9-10-11-12-13-14-15-16-17-18-19-20-21-27(4,5)22-25(28)23-30-26(29)24(2)3/h25,28H,2,6-23H2,1,3-5H3/q+1. The highest BCUT2D eigenvalue weighted by molar-refractivity contribution is 5.86. The lowest BCUT2D eigenvalue weighted by molar-refractivity contribution is -0.893. The fraction of sp³-hybridized carbons (Fsp3) is 0.885. The van der Waals surface area contributed by atoms with Gasteiger partial charge in [-0.05, 0) is 19.8 Å². The van der Waals surface area contributed by atoms with Crippen molar-refractivity contribution in [2.24, 2.45) is 0 Å². The van der Waals surface area contributed by atoms with Crippen LogP contribution < -0.4 is 0 Å². The van der Waals surface area contributed by atoms with Gasteiger partial charge in [-0.15, -0.1) is 0 Å². The third kappa shape index (κ3) is 19.1. The number of rotatable bonds is 21. The molecule has 0 aromatic rings. The summed E-state index contributed by atoms with van der Waals surface area (Å²) in [6.07, 6.45) is 20.0. The number of hydrogen-bond donors (Lipinski definition) is 1. The highest BCUT2D eigenvalue weighted by atomic mass is 16.5. The minimum Gasteiger partial charge on any atom is -0.459 e. The monoisotopic (exact) mass is 426 g/mol. The normalized spacial score (nSPS) is 12.7. The zero-order valence-corrected chi connectivity index (χ0v) is 20.7. The molecule has 0 aliphatic heterocycles. The number of ether oxygens (including phenoxy) is 1. The molecule has 30 heavy (non-hydrogen) atoms. The number of carbonyl (C=O) groups excluding carboxylic acids is 1. The molecule has 0 rings (SSSR count). The first kappa shape index (κ1) is 29.1. The van der Waals surface area contributed by atoms with Crippen LogP contribution in [0.5, 0.6) is 0 Å². The third-order valence-electron chi connectivity index (χ3n) is 5.83. The number of quaternary nitrogens is 1. The molecule has 0 aliphatic rings. The lowest BCUT2D eigenvalue weighted by Crippen LogP contribution is -2.47. The summed E-state index contributed by atoms with van der Waals surface area (Å²) in [6, 6.07) is 0. The van der Waals surface area contributed by atoms with Crippen LogP contribution in [0.2, 0.25) is 0 Å². The molecule has 1 N–H and O–H groups in total. The van der Waals surface area contributed by atoms with Crippen LogP contribution >= 0.6 is 0 Å². The van der Waals surface area contributed by atoms with Gasteiger partial charge in [0.2, 0.25) is 0 Å². The largest absolute Gasteiger partial charge is 0.459 e. The zero-order chi connectivity index (χ0) is 22.7. The van der Waals surface area contributed by atoms with E-state index in [1.807, 2.05) is 0 Å². The lowest BCUT2D eigenvalue weighted by Gasteiger charge is -2.31. The van der Waals surface area contributed by atoms with E-state index in [0.717, 1.165) is 11.0 Å². The van der Waals surface area contributed by atoms with Crippen LogP contribution in [-0.2, 0) is 9.53 Å². The Morgan fingerprint density at radius 1 is 0.833 bits per heavy atom. The minimum absolute atomic E-state index is 0.0478. The fourth-order valence-corrected chi connectivity index (χ4v) is 3.92. The van der Waals surface area contributed by atoms with Gasteiger partial charge >= 0.3 is 5.97 Å². The van der Waals surface area contributed by atoms with E-state index in [1.165, 1.54) is 96.3 Å². The second-order valence-electron chi connectivity index (χ2n) is 9.82. The smallest absolute Gasteiger partial charge is 0.333 e. The summed E-state index contributed by atoms with van der Waals surface area (Å²) in [5.74, 6) is -0.429. The summed E-state index contributed by atoms with van der Waals surface area (Å²) >= 11 is 0. The van der Waals surface area contributed by atoms with Gasteiger partial charge in [0.05, 0.1) is 20.6 Å². The average molecular weight is 427 g/mol. The van der Waals surface area contributed by atoms with Crippen LogP contribution in [0.4, 0.5) is 0 Å². The molecular weight excluding hydrogens is 374 g/mol. The number of likely N-dealkylation sites (N-methyl/N-ethyl adjacent to an activating group) is 1. The van der Waals surface area contributed by atoms with Crippen molar-refractivity contribution in [3.8, 4) is 0 Å². The highest BCUT2D eigenvalue weighted by Crippen LogP contribution is 2.14. The summed E-state index contributed by atoms with van der Waals surface area (Å²) in [6.45, 7) is 9.14. The number of aliphatic hydroxyl groups is 1. The van der Waals surface area contributed by atoms with Crippen molar-refractivity contribution in [2.75, 3.05) is 33.8 Å². The lowest BCUT2D eigenvalue weighted by atomic mass is 10.0. The predicted molar refractivity (Wildman–Crippen MR) is 129 cm³/mol. The first-order valence-electron chi connectivity index (χ1n) is 12.6. The van der Waals surface area contributed by atoms with Gasteiger partial charge in [0, 0.05) is 5.57 Å². The summed E-state index contributed by atoms with van der Waals surface area (Å²) in [5, 5.41) is 10.1. The van der Waals surface area contributed by atoms with Gasteiger partial charge in [-0.3, -0.25) is 0 Å². The van der Waals surface area contributed by atoms with Crippen LogP contribution in [0.15, 0.2) is 12.2 Å². The molecule has 0 amide bonds. The van der Waals surface area contributed by atoms with E-state index >= 15 is 0 Å². The molecule has 0 fully saturated rings. The molecule has 178 valence electrons. The van der Waals surface area contributed by atoms with E-state index in [4.69, 9.17) is 4.74 Å². The Hall–Kier alpha value is -0.870. The molecule has 4 nitrogen and oxygen atoms in total. The molecule has 0 radical (unpaired) electrons. The van der Waals surface area contributed by atoms with Crippen molar-refractivity contribution in [3.63, 3.8) is 0 Å². The van der Waals surface area contributed by atoms with Crippen molar-refractivity contribution in [2.45, 2.75) is 116 Å². The second-order valence-corrected chi connectivity index (χ2v) is 9.82. The first-order valence-corrected chi connectivity index (χ1v) is 12.6.